The maximum atomic E-state index is 13.1. The second-order valence-corrected chi connectivity index (χ2v) is 11.6. The highest BCUT2D eigenvalue weighted by atomic mass is 32.2. The number of hydrogen-bond donors (Lipinski definition) is 1. The Morgan fingerprint density at radius 1 is 1.22 bits per heavy atom. The molecule has 2 saturated heterocycles. The standard InChI is InChI=1S/C21H25N3O6S2/c1-14-19(22-20(25)15-2-3-15)17(30-23-14)6-4-16-5-7-18(31-16)32(26,27)24-10-8-21(9-11-24)28-12-13-29-21/h4-7,15H,2-3,8-13H2,1H3,(H,22,25)/b6-4+. The summed E-state index contributed by atoms with van der Waals surface area (Å²) in [5, 5.41) is 6.82. The first-order valence-electron chi connectivity index (χ1n) is 10.7. The second-order valence-electron chi connectivity index (χ2n) is 8.27. The van der Waals surface area contributed by atoms with E-state index in [2.05, 4.69) is 10.5 Å². The van der Waals surface area contributed by atoms with Gasteiger partial charge in [0.1, 0.15) is 15.6 Å². The molecule has 1 amide bonds. The van der Waals surface area contributed by atoms with Crippen molar-refractivity contribution in [2.24, 2.45) is 5.92 Å². The molecule has 1 N–H and O–H groups in total. The number of carbonyl (C=O) groups excluding carboxylic acids is 1. The van der Waals surface area contributed by atoms with Crippen LogP contribution in [0.2, 0.25) is 0 Å². The summed E-state index contributed by atoms with van der Waals surface area (Å²) in [6.07, 6.45) is 6.35. The quantitative estimate of drug-likeness (QED) is 0.678. The number of carbonyl (C=O) groups is 1. The van der Waals surface area contributed by atoms with Crippen molar-refractivity contribution >= 4 is 45.1 Å². The van der Waals surface area contributed by atoms with Gasteiger partial charge in [0, 0.05) is 36.7 Å². The van der Waals surface area contributed by atoms with E-state index in [-0.39, 0.29) is 16.0 Å². The molecule has 1 spiro atoms. The summed E-state index contributed by atoms with van der Waals surface area (Å²) < 4.78 is 44.7. The summed E-state index contributed by atoms with van der Waals surface area (Å²) in [6, 6.07) is 3.38. The van der Waals surface area contributed by atoms with Gasteiger partial charge < -0.3 is 19.3 Å². The van der Waals surface area contributed by atoms with Crippen LogP contribution in [0.3, 0.4) is 0 Å². The smallest absolute Gasteiger partial charge is 0.252 e. The molecule has 5 rings (SSSR count). The number of nitrogens with zero attached hydrogens (tertiary/aromatic N) is 2. The summed E-state index contributed by atoms with van der Waals surface area (Å²) in [7, 11) is -3.58. The van der Waals surface area contributed by atoms with Crippen molar-refractivity contribution in [1.29, 1.82) is 0 Å². The lowest BCUT2D eigenvalue weighted by Crippen LogP contribution is -2.47. The molecule has 9 nitrogen and oxygen atoms in total. The zero-order chi connectivity index (χ0) is 22.3. The van der Waals surface area contributed by atoms with Gasteiger partial charge in [-0.3, -0.25) is 4.79 Å². The first kappa shape index (κ1) is 21.8. The Bertz CT molecular complexity index is 1130. The highest BCUT2D eigenvalue weighted by Gasteiger charge is 2.43. The van der Waals surface area contributed by atoms with E-state index in [9.17, 15) is 13.2 Å². The minimum absolute atomic E-state index is 0.0211. The summed E-state index contributed by atoms with van der Waals surface area (Å²) in [5.74, 6) is -0.126. The van der Waals surface area contributed by atoms with E-state index in [1.54, 1.807) is 31.2 Å². The fraction of sp³-hybridized carbons (Fsp3) is 0.524. The molecule has 11 heteroatoms. The summed E-state index contributed by atoms with van der Waals surface area (Å²) in [4.78, 5) is 12.9. The van der Waals surface area contributed by atoms with E-state index in [1.165, 1.54) is 15.6 Å². The number of piperidine rings is 1. The van der Waals surface area contributed by atoms with Crippen LogP contribution in [0.25, 0.3) is 12.2 Å². The van der Waals surface area contributed by atoms with Crippen LogP contribution < -0.4 is 5.32 Å². The molecule has 0 atom stereocenters. The van der Waals surface area contributed by atoms with Gasteiger partial charge in [-0.25, -0.2) is 8.42 Å². The molecule has 0 aromatic carbocycles. The molecule has 1 saturated carbocycles. The minimum Gasteiger partial charge on any atom is -0.354 e. The molecule has 2 aromatic rings. The normalized spacial score (nSPS) is 21.5. The van der Waals surface area contributed by atoms with Crippen LogP contribution in [0, 0.1) is 12.8 Å². The van der Waals surface area contributed by atoms with Crippen molar-refractivity contribution < 1.29 is 27.2 Å². The zero-order valence-electron chi connectivity index (χ0n) is 17.7. The van der Waals surface area contributed by atoms with Gasteiger partial charge in [-0.2, -0.15) is 4.31 Å². The lowest BCUT2D eigenvalue weighted by atomic mass is 10.1. The van der Waals surface area contributed by atoms with E-state index >= 15 is 0 Å². The van der Waals surface area contributed by atoms with E-state index in [1.807, 2.05) is 0 Å². The monoisotopic (exact) mass is 479 g/mol. The van der Waals surface area contributed by atoms with Gasteiger partial charge in [-0.1, -0.05) is 5.16 Å². The van der Waals surface area contributed by atoms with Crippen molar-refractivity contribution in [1.82, 2.24) is 9.46 Å². The summed E-state index contributed by atoms with van der Waals surface area (Å²) in [6.45, 7) is 3.62. The third kappa shape index (κ3) is 4.27. The number of aryl methyl sites for hydroxylation is 1. The van der Waals surface area contributed by atoms with Crippen molar-refractivity contribution in [2.75, 3.05) is 31.6 Å². The molecule has 2 aliphatic heterocycles. The van der Waals surface area contributed by atoms with Gasteiger partial charge in [0.25, 0.3) is 10.0 Å². The van der Waals surface area contributed by atoms with E-state index < -0.39 is 15.8 Å². The number of anilines is 1. The molecule has 4 heterocycles. The van der Waals surface area contributed by atoms with Crippen LogP contribution in [0.1, 0.15) is 42.0 Å². The zero-order valence-corrected chi connectivity index (χ0v) is 19.3. The Morgan fingerprint density at radius 3 is 2.62 bits per heavy atom. The first-order valence-corrected chi connectivity index (χ1v) is 13.0. The maximum absolute atomic E-state index is 13.1. The first-order chi connectivity index (χ1) is 15.4. The average molecular weight is 480 g/mol. The molecule has 3 fully saturated rings. The highest BCUT2D eigenvalue weighted by molar-refractivity contribution is 7.91. The van der Waals surface area contributed by atoms with Crippen LogP contribution in [0.15, 0.2) is 20.9 Å². The minimum atomic E-state index is -3.58. The molecule has 3 aliphatic rings. The van der Waals surface area contributed by atoms with Gasteiger partial charge in [0.15, 0.2) is 11.5 Å². The molecule has 172 valence electrons. The molecular weight excluding hydrogens is 454 g/mol. The number of ether oxygens (including phenoxy) is 2. The predicted molar refractivity (Wildman–Crippen MR) is 118 cm³/mol. The number of aromatic nitrogens is 1. The number of rotatable bonds is 6. The van der Waals surface area contributed by atoms with E-state index in [0.717, 1.165) is 17.7 Å². The number of thiophene rings is 1. The predicted octanol–water partition coefficient (Wildman–Crippen LogP) is 3.09. The van der Waals surface area contributed by atoms with Crippen molar-refractivity contribution in [3.05, 3.63) is 28.5 Å². The fourth-order valence-corrected chi connectivity index (χ4v) is 6.75. The number of nitrogens with one attached hydrogen (secondary N) is 1. The van der Waals surface area contributed by atoms with Gasteiger partial charge in [-0.15, -0.1) is 11.3 Å². The molecule has 0 bridgehead atoms. The Morgan fingerprint density at radius 2 is 1.94 bits per heavy atom. The lowest BCUT2D eigenvalue weighted by molar-refractivity contribution is -0.179. The SMILES string of the molecule is Cc1noc(/C=C/c2ccc(S(=O)(=O)N3CCC4(CC3)OCCO4)s2)c1NC(=O)C1CC1. The average Bonchev–Trinajstić information content (AvgIpc) is 3.18. The van der Waals surface area contributed by atoms with Crippen LogP contribution in [-0.2, 0) is 24.3 Å². The van der Waals surface area contributed by atoms with Crippen molar-refractivity contribution in [3.63, 3.8) is 0 Å². The largest absolute Gasteiger partial charge is 0.354 e. The molecule has 2 aromatic heterocycles. The van der Waals surface area contributed by atoms with Crippen LogP contribution in [-0.4, -0.2) is 55.9 Å². The van der Waals surface area contributed by atoms with Crippen molar-refractivity contribution in [3.8, 4) is 0 Å². The summed E-state index contributed by atoms with van der Waals surface area (Å²) >= 11 is 1.19. The Labute approximate surface area is 190 Å². The topological polar surface area (TPSA) is 111 Å². The molecule has 32 heavy (non-hydrogen) atoms. The lowest BCUT2D eigenvalue weighted by Gasteiger charge is -2.36. The van der Waals surface area contributed by atoms with E-state index in [4.69, 9.17) is 14.0 Å². The molecular formula is C21H25N3O6S2. The Kier molecular flexibility index (Phi) is 5.70. The molecule has 0 radical (unpaired) electrons. The fourth-order valence-electron chi connectivity index (χ4n) is 3.92. The van der Waals surface area contributed by atoms with Crippen molar-refractivity contribution in [2.45, 2.75) is 42.6 Å². The van der Waals surface area contributed by atoms with Gasteiger partial charge in [0.05, 0.1) is 13.2 Å². The molecule has 1 aliphatic carbocycles. The number of hydrogen-bond acceptors (Lipinski definition) is 8. The third-order valence-electron chi connectivity index (χ3n) is 5.98. The van der Waals surface area contributed by atoms with Crippen LogP contribution in [0.4, 0.5) is 5.69 Å². The van der Waals surface area contributed by atoms with Gasteiger partial charge >= 0.3 is 0 Å². The molecule has 0 unspecified atom stereocenters. The van der Waals surface area contributed by atoms with Gasteiger partial charge in [-0.05, 0) is 44.1 Å². The van der Waals surface area contributed by atoms with E-state index in [0.29, 0.717) is 56.3 Å². The number of amides is 1. The van der Waals surface area contributed by atoms with Crippen LogP contribution in [0.5, 0.6) is 0 Å². The summed E-state index contributed by atoms with van der Waals surface area (Å²) in [5.41, 5.74) is 1.16. The third-order valence-corrected chi connectivity index (χ3v) is 9.40. The second kappa shape index (κ2) is 8.38. The Hall–Kier alpha value is -2.05. The number of sulfonamides is 1. The highest BCUT2D eigenvalue weighted by Crippen LogP contribution is 2.35. The maximum Gasteiger partial charge on any atom is 0.252 e. The van der Waals surface area contributed by atoms with Crippen LogP contribution >= 0.6 is 11.3 Å². The van der Waals surface area contributed by atoms with Gasteiger partial charge in [0.2, 0.25) is 5.91 Å². The Balaban J connectivity index is 1.27.